The van der Waals surface area contributed by atoms with Gasteiger partial charge in [-0.15, -0.1) is 0 Å². The molecule has 142 valence electrons. The van der Waals surface area contributed by atoms with Crippen LogP contribution in [0.3, 0.4) is 0 Å². The molecule has 24 heavy (non-hydrogen) atoms. The fourth-order valence-electron chi connectivity index (χ4n) is 2.64. The molecule has 0 aromatic rings. The Hall–Kier alpha value is -0.850. The van der Waals surface area contributed by atoms with Crippen LogP contribution < -0.4 is 10.6 Å². The lowest BCUT2D eigenvalue weighted by atomic mass is 10.1. The molecule has 0 radical (unpaired) electrons. The third kappa shape index (κ3) is 11.6. The van der Waals surface area contributed by atoms with Gasteiger partial charge in [-0.25, -0.2) is 0 Å². The van der Waals surface area contributed by atoms with Crippen LogP contribution in [0.5, 0.6) is 0 Å². The van der Waals surface area contributed by atoms with Crippen LogP contribution >= 0.6 is 0 Å². The smallest absolute Gasteiger partial charge is 0.191 e. The first-order valence-corrected chi connectivity index (χ1v) is 9.76. The van der Waals surface area contributed by atoms with E-state index in [0.717, 1.165) is 45.2 Å². The molecular weight excluding hydrogens is 304 g/mol. The molecule has 0 aromatic carbocycles. The highest BCUT2D eigenvalue weighted by Crippen LogP contribution is 2.07. The molecule has 0 amide bonds. The molecule has 0 bridgehead atoms. The summed E-state index contributed by atoms with van der Waals surface area (Å²) in [5, 5.41) is 6.61. The molecule has 1 heterocycles. The lowest BCUT2D eigenvalue weighted by molar-refractivity contribution is 0.0487. The van der Waals surface area contributed by atoms with E-state index in [0.29, 0.717) is 19.8 Å². The summed E-state index contributed by atoms with van der Waals surface area (Å²) < 4.78 is 11.0. The maximum atomic E-state index is 5.56. The maximum Gasteiger partial charge on any atom is 0.191 e. The van der Waals surface area contributed by atoms with Crippen LogP contribution in [0.4, 0.5) is 0 Å². The second-order valence-electron chi connectivity index (χ2n) is 6.17. The second kappa shape index (κ2) is 15.7. The van der Waals surface area contributed by atoms with Crippen molar-refractivity contribution in [1.29, 1.82) is 0 Å². The van der Waals surface area contributed by atoms with E-state index in [1.54, 1.807) is 0 Å². The highest BCUT2D eigenvalue weighted by Gasteiger charge is 2.08. The summed E-state index contributed by atoms with van der Waals surface area (Å²) >= 11 is 0. The van der Waals surface area contributed by atoms with Crippen molar-refractivity contribution in [3.05, 3.63) is 0 Å². The molecule has 1 aliphatic rings. The van der Waals surface area contributed by atoms with Gasteiger partial charge in [0.05, 0.1) is 26.4 Å². The van der Waals surface area contributed by atoms with Crippen molar-refractivity contribution in [3.63, 3.8) is 0 Å². The van der Waals surface area contributed by atoms with Gasteiger partial charge < -0.3 is 25.0 Å². The van der Waals surface area contributed by atoms with Gasteiger partial charge in [0, 0.05) is 26.2 Å². The maximum absolute atomic E-state index is 5.56. The Bertz CT molecular complexity index is 307. The molecular formula is C18H38N4O2. The summed E-state index contributed by atoms with van der Waals surface area (Å²) in [6.45, 7) is 13.1. The fraction of sp³-hybridized carbons (Fsp3) is 0.944. The molecule has 0 aliphatic carbocycles. The number of hydrogen-bond donors (Lipinski definition) is 2. The van der Waals surface area contributed by atoms with Crippen molar-refractivity contribution in [1.82, 2.24) is 15.5 Å². The normalized spacial score (nSPS) is 16.3. The third-order valence-electron chi connectivity index (χ3n) is 4.03. The van der Waals surface area contributed by atoms with E-state index in [-0.39, 0.29) is 0 Å². The molecule has 2 N–H and O–H groups in total. The quantitative estimate of drug-likeness (QED) is 0.304. The minimum absolute atomic E-state index is 0.661. The van der Waals surface area contributed by atoms with E-state index >= 15 is 0 Å². The minimum atomic E-state index is 0.661. The zero-order valence-electron chi connectivity index (χ0n) is 15.8. The molecule has 1 rings (SSSR count). The Morgan fingerprint density at radius 3 is 2.42 bits per heavy atom. The predicted molar refractivity (Wildman–Crippen MR) is 101 cm³/mol. The van der Waals surface area contributed by atoms with Crippen LogP contribution in [-0.2, 0) is 9.47 Å². The lowest BCUT2D eigenvalue weighted by Crippen LogP contribution is -2.40. The summed E-state index contributed by atoms with van der Waals surface area (Å²) in [7, 11) is 0. The van der Waals surface area contributed by atoms with Crippen LogP contribution in [0, 0.1) is 0 Å². The van der Waals surface area contributed by atoms with Crippen LogP contribution in [0.2, 0.25) is 0 Å². The third-order valence-corrected chi connectivity index (χ3v) is 4.03. The van der Waals surface area contributed by atoms with E-state index in [9.17, 15) is 0 Å². The first-order chi connectivity index (χ1) is 11.9. The number of piperidine rings is 1. The number of likely N-dealkylation sites (tertiary alicyclic amines) is 1. The van der Waals surface area contributed by atoms with Gasteiger partial charge in [-0.05, 0) is 39.3 Å². The van der Waals surface area contributed by atoms with Crippen LogP contribution in [0.25, 0.3) is 0 Å². The Morgan fingerprint density at radius 1 is 0.958 bits per heavy atom. The fourth-order valence-corrected chi connectivity index (χ4v) is 2.64. The van der Waals surface area contributed by atoms with Crippen molar-refractivity contribution in [2.45, 2.75) is 46.0 Å². The van der Waals surface area contributed by atoms with E-state index < -0.39 is 0 Å². The Morgan fingerprint density at radius 2 is 1.71 bits per heavy atom. The molecule has 0 spiro atoms. The second-order valence-corrected chi connectivity index (χ2v) is 6.17. The molecule has 0 atom stereocenters. The number of hydrogen-bond acceptors (Lipinski definition) is 4. The molecule has 1 saturated heterocycles. The molecule has 1 aliphatic heterocycles. The minimum Gasteiger partial charge on any atom is -0.379 e. The first kappa shape index (κ1) is 21.2. The van der Waals surface area contributed by atoms with Crippen molar-refractivity contribution < 1.29 is 9.47 Å². The zero-order chi connectivity index (χ0) is 17.3. The number of guanidine groups is 1. The van der Waals surface area contributed by atoms with Crippen LogP contribution in [0.1, 0.15) is 46.0 Å². The Labute approximate surface area is 148 Å². The number of ether oxygens (including phenoxy) is 2. The number of nitrogens with one attached hydrogen (secondary N) is 2. The number of aliphatic imine (C=N–C) groups is 1. The zero-order valence-corrected chi connectivity index (χ0v) is 15.8. The average Bonchev–Trinajstić information content (AvgIpc) is 2.61. The molecule has 0 saturated carbocycles. The predicted octanol–water partition coefficient (Wildman–Crippen LogP) is 1.86. The van der Waals surface area contributed by atoms with Crippen LogP contribution in [0.15, 0.2) is 4.99 Å². The van der Waals surface area contributed by atoms with Gasteiger partial charge in [-0.1, -0.05) is 19.8 Å². The monoisotopic (exact) mass is 342 g/mol. The Balaban J connectivity index is 2.03. The van der Waals surface area contributed by atoms with Gasteiger partial charge in [0.25, 0.3) is 0 Å². The van der Waals surface area contributed by atoms with E-state index in [2.05, 4.69) is 34.4 Å². The summed E-state index contributed by atoms with van der Waals surface area (Å²) in [6, 6.07) is 0. The van der Waals surface area contributed by atoms with E-state index in [4.69, 9.17) is 9.47 Å². The summed E-state index contributed by atoms with van der Waals surface area (Å²) in [5.41, 5.74) is 0. The number of rotatable bonds is 13. The van der Waals surface area contributed by atoms with Crippen molar-refractivity contribution in [3.8, 4) is 0 Å². The van der Waals surface area contributed by atoms with Gasteiger partial charge in [-0.3, -0.25) is 4.99 Å². The Kier molecular flexibility index (Phi) is 13.8. The summed E-state index contributed by atoms with van der Waals surface area (Å²) in [5.74, 6) is 0.886. The molecule has 0 unspecified atom stereocenters. The lowest BCUT2D eigenvalue weighted by Gasteiger charge is -2.25. The number of nitrogens with zero attached hydrogens (tertiary/aromatic N) is 2. The number of unbranched alkanes of at least 4 members (excludes halogenated alkanes) is 1. The van der Waals surface area contributed by atoms with Crippen molar-refractivity contribution >= 4 is 5.96 Å². The average molecular weight is 343 g/mol. The molecule has 0 aromatic heterocycles. The molecule has 1 fully saturated rings. The first-order valence-electron chi connectivity index (χ1n) is 9.76. The van der Waals surface area contributed by atoms with Crippen LogP contribution in [-0.4, -0.2) is 76.6 Å². The van der Waals surface area contributed by atoms with E-state index in [1.807, 2.05) is 0 Å². The SMILES string of the molecule is CCCCOCCOCCNC(=NCCN1CCCCC1)NCC. The molecule has 6 nitrogen and oxygen atoms in total. The van der Waals surface area contributed by atoms with Gasteiger partial charge in [0.1, 0.15) is 0 Å². The van der Waals surface area contributed by atoms with Gasteiger partial charge >= 0.3 is 0 Å². The van der Waals surface area contributed by atoms with Gasteiger partial charge in [0.15, 0.2) is 5.96 Å². The van der Waals surface area contributed by atoms with Gasteiger partial charge in [-0.2, -0.15) is 0 Å². The summed E-state index contributed by atoms with van der Waals surface area (Å²) in [4.78, 5) is 7.16. The highest BCUT2D eigenvalue weighted by atomic mass is 16.5. The largest absolute Gasteiger partial charge is 0.379 e. The highest BCUT2D eigenvalue weighted by molar-refractivity contribution is 5.79. The van der Waals surface area contributed by atoms with E-state index in [1.165, 1.54) is 38.8 Å². The standard InChI is InChI=1S/C18H38N4O2/c1-3-5-14-23-16-17-24-15-10-21-18(19-4-2)20-9-13-22-11-7-6-8-12-22/h3-17H2,1-2H3,(H2,19,20,21). The van der Waals surface area contributed by atoms with Crippen molar-refractivity contribution in [2.24, 2.45) is 4.99 Å². The topological polar surface area (TPSA) is 58.1 Å². The molecule has 6 heteroatoms. The summed E-state index contributed by atoms with van der Waals surface area (Å²) in [6.07, 6.45) is 6.35. The van der Waals surface area contributed by atoms with Gasteiger partial charge in [0.2, 0.25) is 0 Å². The van der Waals surface area contributed by atoms with Crippen molar-refractivity contribution in [2.75, 3.05) is 65.7 Å².